The first-order valence-corrected chi connectivity index (χ1v) is 14.4. The highest BCUT2D eigenvalue weighted by atomic mass is 16.5. The minimum atomic E-state index is -0.835. The first kappa shape index (κ1) is 25.9. The van der Waals surface area contributed by atoms with Gasteiger partial charge in [0.1, 0.15) is 6.10 Å². The number of carbonyl (C=O) groups excluding carboxylic acids is 1. The number of esters is 1. The molecule has 5 aliphatic rings. The van der Waals surface area contributed by atoms with Gasteiger partial charge in [0.2, 0.25) is 0 Å². The number of carbonyl (C=O) groups is 1. The van der Waals surface area contributed by atoms with Crippen LogP contribution in [0.3, 0.4) is 0 Å². The zero-order valence-electron chi connectivity index (χ0n) is 22.1. The predicted molar refractivity (Wildman–Crippen MR) is 132 cm³/mol. The lowest BCUT2D eigenvalue weighted by Crippen LogP contribution is -2.55. The highest BCUT2D eigenvalue weighted by Crippen LogP contribution is 2.66. The molecule has 5 rings (SSSR count). The van der Waals surface area contributed by atoms with Crippen molar-refractivity contribution in [1.82, 2.24) is 0 Å². The fraction of sp³-hybridized carbons (Fsp3) is 0.966. The van der Waals surface area contributed by atoms with Crippen LogP contribution in [0, 0.1) is 52.3 Å². The molecule has 200 valence electrons. The number of aliphatic hydroxyl groups is 4. The zero-order valence-corrected chi connectivity index (χ0v) is 22.1. The molecule has 0 aromatic carbocycles. The number of ether oxygens (including phenoxy) is 1. The first-order valence-electron chi connectivity index (χ1n) is 14.4. The standard InChI is InChI=1S/C29H48O6/c1-15(17-6-5-7-17)26(33)27(34)16(2)19-8-9-20-18-12-25(32)35-24-13-22(30)23(31)14-29(24,4)21(18)10-11-28(19,20)3/h15-24,26-27,30-31,33-34H,5-14H2,1-4H3/t15-,16-,18?,19+,20?,21?,22-,23+,24?,26+,27+,28+,29+/m0/s1. The van der Waals surface area contributed by atoms with Crippen molar-refractivity contribution in [2.24, 2.45) is 52.3 Å². The molecule has 0 spiro atoms. The molecule has 4 N–H and O–H groups in total. The average molecular weight is 493 g/mol. The largest absolute Gasteiger partial charge is 0.462 e. The maximum absolute atomic E-state index is 13.0. The fourth-order valence-electron chi connectivity index (χ4n) is 9.74. The van der Waals surface area contributed by atoms with E-state index in [0.29, 0.717) is 37.0 Å². The molecule has 6 heteroatoms. The van der Waals surface area contributed by atoms with Gasteiger partial charge in [-0.2, -0.15) is 0 Å². The van der Waals surface area contributed by atoms with Gasteiger partial charge in [0.15, 0.2) is 0 Å². The van der Waals surface area contributed by atoms with E-state index in [1.807, 2.05) is 0 Å². The summed E-state index contributed by atoms with van der Waals surface area (Å²) in [5.74, 6) is 1.67. The molecule has 0 radical (unpaired) electrons. The van der Waals surface area contributed by atoms with Gasteiger partial charge < -0.3 is 25.2 Å². The van der Waals surface area contributed by atoms with Gasteiger partial charge in [-0.25, -0.2) is 0 Å². The normalized spacial score (nSPS) is 49.4. The molecule has 4 aliphatic carbocycles. The van der Waals surface area contributed by atoms with Gasteiger partial charge >= 0.3 is 5.97 Å². The van der Waals surface area contributed by atoms with Crippen molar-refractivity contribution in [3.05, 3.63) is 0 Å². The molecule has 0 aromatic rings. The van der Waals surface area contributed by atoms with E-state index in [1.54, 1.807) is 0 Å². The Morgan fingerprint density at radius 2 is 1.54 bits per heavy atom. The summed E-state index contributed by atoms with van der Waals surface area (Å²) in [6.45, 7) is 8.76. The monoisotopic (exact) mass is 492 g/mol. The van der Waals surface area contributed by atoms with Gasteiger partial charge in [-0.3, -0.25) is 4.79 Å². The molecule has 1 aliphatic heterocycles. The summed E-state index contributed by atoms with van der Waals surface area (Å²) in [6, 6.07) is 0. The van der Waals surface area contributed by atoms with Crippen LogP contribution in [0.2, 0.25) is 0 Å². The van der Waals surface area contributed by atoms with Crippen LogP contribution in [0.4, 0.5) is 0 Å². The highest BCUT2D eigenvalue weighted by Gasteiger charge is 2.62. The lowest BCUT2D eigenvalue weighted by molar-refractivity contribution is -0.175. The Hall–Kier alpha value is -0.690. The Kier molecular flexibility index (Phi) is 6.86. The molecular weight excluding hydrogens is 444 g/mol. The van der Waals surface area contributed by atoms with Crippen LogP contribution in [0.15, 0.2) is 0 Å². The maximum atomic E-state index is 13.0. The fourth-order valence-corrected chi connectivity index (χ4v) is 9.74. The highest BCUT2D eigenvalue weighted by molar-refractivity contribution is 5.70. The number of rotatable bonds is 5. The number of hydrogen-bond donors (Lipinski definition) is 4. The topological polar surface area (TPSA) is 107 Å². The molecule has 0 amide bonds. The lowest BCUT2D eigenvalue weighted by atomic mass is 9.49. The van der Waals surface area contributed by atoms with Crippen LogP contribution in [0.5, 0.6) is 0 Å². The summed E-state index contributed by atoms with van der Waals surface area (Å²) < 4.78 is 5.94. The van der Waals surface area contributed by atoms with E-state index in [2.05, 4.69) is 27.7 Å². The third kappa shape index (κ3) is 4.09. The number of aliphatic hydroxyl groups excluding tert-OH is 4. The van der Waals surface area contributed by atoms with E-state index in [0.717, 1.165) is 38.5 Å². The maximum Gasteiger partial charge on any atom is 0.306 e. The van der Waals surface area contributed by atoms with Crippen LogP contribution in [-0.4, -0.2) is 56.9 Å². The van der Waals surface area contributed by atoms with E-state index in [-0.39, 0.29) is 46.6 Å². The first-order chi connectivity index (χ1) is 16.5. The molecule has 0 aromatic heterocycles. The molecule has 5 fully saturated rings. The zero-order chi connectivity index (χ0) is 25.3. The van der Waals surface area contributed by atoms with Crippen LogP contribution in [-0.2, 0) is 9.53 Å². The smallest absolute Gasteiger partial charge is 0.306 e. The molecule has 0 bridgehead atoms. The summed E-state index contributed by atoms with van der Waals surface area (Å²) in [5, 5.41) is 43.2. The van der Waals surface area contributed by atoms with Gasteiger partial charge in [0.05, 0.1) is 24.4 Å². The van der Waals surface area contributed by atoms with Gasteiger partial charge in [0, 0.05) is 18.3 Å². The van der Waals surface area contributed by atoms with Crippen LogP contribution in [0.25, 0.3) is 0 Å². The minimum Gasteiger partial charge on any atom is -0.462 e. The second-order valence-corrected chi connectivity index (χ2v) is 13.8. The van der Waals surface area contributed by atoms with E-state index in [1.165, 1.54) is 6.42 Å². The summed E-state index contributed by atoms with van der Waals surface area (Å²) in [5.41, 5.74) is -0.307. The van der Waals surface area contributed by atoms with Gasteiger partial charge in [-0.1, -0.05) is 47.0 Å². The van der Waals surface area contributed by atoms with E-state index < -0.39 is 24.4 Å². The van der Waals surface area contributed by atoms with Gasteiger partial charge in [-0.15, -0.1) is 0 Å². The number of fused-ring (bicyclic) bond motifs is 5. The molecule has 1 saturated heterocycles. The third-order valence-corrected chi connectivity index (χ3v) is 12.3. The molecular formula is C29H48O6. The van der Waals surface area contributed by atoms with Gasteiger partial charge in [0.25, 0.3) is 0 Å². The van der Waals surface area contributed by atoms with Crippen molar-refractivity contribution in [2.75, 3.05) is 0 Å². The molecule has 35 heavy (non-hydrogen) atoms. The second-order valence-electron chi connectivity index (χ2n) is 13.8. The average Bonchev–Trinajstić information content (AvgIpc) is 3.07. The third-order valence-electron chi connectivity index (χ3n) is 12.3. The SMILES string of the molecule is C[C@H]([C@@H](O)[C@H](O)[C@@H](C)C1CCC1)[C@H]1CCC2C3CC(=O)OC4C[C@H](O)[C@H](O)C[C@]4(C)C3CC[C@@]21C. The van der Waals surface area contributed by atoms with Crippen molar-refractivity contribution in [3.63, 3.8) is 0 Å². The molecule has 1 heterocycles. The quantitative estimate of drug-likeness (QED) is 0.436. The lowest BCUT2D eigenvalue weighted by Gasteiger charge is -2.56. The van der Waals surface area contributed by atoms with Crippen LogP contribution >= 0.6 is 0 Å². The summed E-state index contributed by atoms with van der Waals surface area (Å²) in [6.07, 6.45) is 5.46. The van der Waals surface area contributed by atoms with Crippen LogP contribution < -0.4 is 0 Å². The number of hydrogen-bond acceptors (Lipinski definition) is 6. The molecule has 4 saturated carbocycles. The van der Waals surface area contributed by atoms with E-state index >= 15 is 0 Å². The second kappa shape index (κ2) is 9.25. The Bertz CT molecular complexity index is 798. The van der Waals surface area contributed by atoms with Crippen molar-refractivity contribution in [3.8, 4) is 0 Å². The minimum absolute atomic E-state index is 0.00629. The Morgan fingerprint density at radius 1 is 0.886 bits per heavy atom. The summed E-state index contributed by atoms with van der Waals surface area (Å²) in [7, 11) is 0. The Labute approximate surface area is 210 Å². The van der Waals surface area contributed by atoms with Gasteiger partial charge in [-0.05, 0) is 78.9 Å². The summed E-state index contributed by atoms with van der Waals surface area (Å²) >= 11 is 0. The Balaban J connectivity index is 1.36. The summed E-state index contributed by atoms with van der Waals surface area (Å²) in [4.78, 5) is 13.0. The van der Waals surface area contributed by atoms with Crippen LogP contribution in [0.1, 0.15) is 91.9 Å². The molecule has 6 nitrogen and oxygen atoms in total. The molecule has 4 unspecified atom stereocenters. The van der Waals surface area contributed by atoms with Crippen molar-refractivity contribution in [2.45, 2.75) is 122 Å². The predicted octanol–water partition coefficient (Wildman–Crippen LogP) is 3.68. The van der Waals surface area contributed by atoms with Crippen molar-refractivity contribution >= 4 is 5.97 Å². The Morgan fingerprint density at radius 3 is 2.20 bits per heavy atom. The van der Waals surface area contributed by atoms with Crippen molar-refractivity contribution < 1.29 is 30.0 Å². The van der Waals surface area contributed by atoms with Crippen molar-refractivity contribution in [1.29, 1.82) is 0 Å². The van der Waals surface area contributed by atoms with E-state index in [9.17, 15) is 25.2 Å². The molecule has 13 atom stereocenters. The van der Waals surface area contributed by atoms with E-state index in [4.69, 9.17) is 4.74 Å².